The Bertz CT molecular complexity index is 928. The fraction of sp³-hybridized carbons (Fsp3) is 0.657. The topological polar surface area (TPSA) is 113 Å². The normalized spacial score (nSPS) is 11.7. The van der Waals surface area contributed by atoms with E-state index in [-0.39, 0.29) is 12.0 Å². The zero-order chi connectivity index (χ0) is 32.8. The minimum Gasteiger partial charge on any atom is -0.491 e. The zero-order valence-corrected chi connectivity index (χ0v) is 27.9. The van der Waals surface area contributed by atoms with Gasteiger partial charge in [-0.15, -0.1) is 0 Å². The molecule has 0 saturated carbocycles. The maximum Gasteiger partial charge on any atom is 0.119 e. The standard InChI is InChI=1S/C35H56O11/c1-35(2,32-6-4-3-5-7-32)33-8-10-34(11-9-33)46-31-30-45-29-28-44-27-26-43-25-24-42-23-22-41-21-20-40-19-18-39-17-16-38-15-14-37-13-12-36/h3-11,36H,12-31H2,1-2H3. The van der Waals surface area contributed by atoms with Gasteiger partial charge in [-0.2, -0.15) is 0 Å². The smallest absolute Gasteiger partial charge is 0.119 e. The van der Waals surface area contributed by atoms with Crippen LogP contribution in [0, 0.1) is 0 Å². The van der Waals surface area contributed by atoms with Gasteiger partial charge >= 0.3 is 0 Å². The fourth-order valence-electron chi connectivity index (χ4n) is 4.13. The van der Waals surface area contributed by atoms with E-state index in [0.717, 1.165) is 5.75 Å². The van der Waals surface area contributed by atoms with Crippen LogP contribution in [0.4, 0.5) is 0 Å². The molecule has 2 aromatic carbocycles. The monoisotopic (exact) mass is 652 g/mol. The lowest BCUT2D eigenvalue weighted by Crippen LogP contribution is -2.18. The molecular weight excluding hydrogens is 596 g/mol. The molecule has 0 aliphatic carbocycles. The van der Waals surface area contributed by atoms with E-state index in [1.807, 2.05) is 18.2 Å². The lowest BCUT2D eigenvalue weighted by atomic mass is 9.78. The molecule has 0 unspecified atom stereocenters. The van der Waals surface area contributed by atoms with Crippen LogP contribution in [0.1, 0.15) is 25.0 Å². The van der Waals surface area contributed by atoms with Crippen molar-refractivity contribution < 1.29 is 52.5 Å². The molecule has 46 heavy (non-hydrogen) atoms. The van der Waals surface area contributed by atoms with Crippen LogP contribution in [-0.4, -0.2) is 137 Å². The lowest BCUT2D eigenvalue weighted by Gasteiger charge is -2.26. The zero-order valence-electron chi connectivity index (χ0n) is 27.9. The van der Waals surface area contributed by atoms with Gasteiger partial charge in [0.1, 0.15) is 12.4 Å². The molecule has 262 valence electrons. The first-order chi connectivity index (χ1) is 22.6. The molecule has 0 atom stereocenters. The second kappa shape index (κ2) is 27.9. The molecule has 0 aliphatic rings. The molecule has 0 radical (unpaired) electrons. The summed E-state index contributed by atoms with van der Waals surface area (Å²) in [4.78, 5) is 0. The van der Waals surface area contributed by atoms with E-state index in [0.29, 0.717) is 126 Å². The van der Waals surface area contributed by atoms with Gasteiger partial charge in [-0.05, 0) is 23.3 Å². The van der Waals surface area contributed by atoms with Gasteiger partial charge < -0.3 is 52.5 Å². The molecule has 0 fully saturated rings. The van der Waals surface area contributed by atoms with Crippen LogP contribution < -0.4 is 4.74 Å². The van der Waals surface area contributed by atoms with Gasteiger partial charge in [0, 0.05) is 5.41 Å². The highest BCUT2D eigenvalue weighted by Crippen LogP contribution is 2.32. The summed E-state index contributed by atoms with van der Waals surface area (Å²) in [6.45, 7) is 13.9. The van der Waals surface area contributed by atoms with Crippen LogP contribution in [-0.2, 0) is 48.0 Å². The third-order valence-electron chi connectivity index (χ3n) is 6.78. The van der Waals surface area contributed by atoms with Crippen LogP contribution >= 0.6 is 0 Å². The first-order valence-electron chi connectivity index (χ1n) is 16.2. The minimum atomic E-state index is -0.0668. The van der Waals surface area contributed by atoms with Crippen molar-refractivity contribution in [2.24, 2.45) is 0 Å². The highest BCUT2D eigenvalue weighted by atomic mass is 16.6. The Morgan fingerprint density at radius 1 is 0.391 bits per heavy atom. The van der Waals surface area contributed by atoms with Gasteiger partial charge in [-0.25, -0.2) is 0 Å². The molecule has 0 saturated heterocycles. The van der Waals surface area contributed by atoms with Crippen molar-refractivity contribution in [1.82, 2.24) is 0 Å². The molecule has 2 aromatic rings. The van der Waals surface area contributed by atoms with Gasteiger partial charge in [0.25, 0.3) is 0 Å². The number of hydrogen-bond donors (Lipinski definition) is 1. The summed E-state index contributed by atoms with van der Waals surface area (Å²) in [6, 6.07) is 18.8. The first-order valence-corrected chi connectivity index (χ1v) is 16.2. The minimum absolute atomic E-state index is 0.0259. The Labute approximate surface area is 275 Å². The first kappa shape index (κ1) is 40.0. The Balaban J connectivity index is 1.25. The number of aliphatic hydroxyl groups is 1. The third kappa shape index (κ3) is 20.2. The Morgan fingerprint density at radius 3 is 1.04 bits per heavy atom. The maximum atomic E-state index is 8.58. The lowest BCUT2D eigenvalue weighted by molar-refractivity contribution is -0.0258. The van der Waals surface area contributed by atoms with Crippen LogP contribution in [0.5, 0.6) is 5.75 Å². The summed E-state index contributed by atoms with van der Waals surface area (Å²) in [5.74, 6) is 0.835. The predicted octanol–water partition coefficient (Wildman–Crippen LogP) is 3.53. The summed E-state index contributed by atoms with van der Waals surface area (Å²) in [6.07, 6.45) is 0. The van der Waals surface area contributed by atoms with Gasteiger partial charge in [-0.1, -0.05) is 56.3 Å². The summed E-state index contributed by atoms with van der Waals surface area (Å²) < 4.78 is 54.7. The number of rotatable bonds is 32. The van der Waals surface area contributed by atoms with Crippen molar-refractivity contribution in [3.63, 3.8) is 0 Å². The van der Waals surface area contributed by atoms with Gasteiger partial charge in [-0.3, -0.25) is 0 Å². The number of hydrogen-bond acceptors (Lipinski definition) is 11. The largest absolute Gasteiger partial charge is 0.491 e. The van der Waals surface area contributed by atoms with Crippen molar-refractivity contribution >= 4 is 0 Å². The van der Waals surface area contributed by atoms with Crippen molar-refractivity contribution in [2.75, 3.05) is 132 Å². The van der Waals surface area contributed by atoms with E-state index in [1.165, 1.54) is 11.1 Å². The molecule has 0 spiro atoms. The second-order valence-electron chi connectivity index (χ2n) is 10.6. The number of aliphatic hydroxyl groups excluding tert-OH is 1. The van der Waals surface area contributed by atoms with E-state index in [4.69, 9.17) is 52.5 Å². The Hall–Kier alpha value is -2.16. The molecular formula is C35H56O11. The average molecular weight is 653 g/mol. The second-order valence-corrected chi connectivity index (χ2v) is 10.6. The Kier molecular flexibility index (Phi) is 24.3. The average Bonchev–Trinajstić information content (AvgIpc) is 3.08. The quantitative estimate of drug-likeness (QED) is 0.117. The number of ether oxygens (including phenoxy) is 10. The highest BCUT2D eigenvalue weighted by molar-refractivity contribution is 5.39. The van der Waals surface area contributed by atoms with Gasteiger partial charge in [0.2, 0.25) is 0 Å². The molecule has 0 aliphatic heterocycles. The highest BCUT2D eigenvalue weighted by Gasteiger charge is 2.22. The molecule has 0 aromatic heterocycles. The number of benzene rings is 2. The van der Waals surface area contributed by atoms with E-state index in [1.54, 1.807) is 0 Å². The maximum absolute atomic E-state index is 8.58. The predicted molar refractivity (Wildman–Crippen MR) is 175 cm³/mol. The summed E-state index contributed by atoms with van der Waals surface area (Å²) in [7, 11) is 0. The van der Waals surface area contributed by atoms with E-state index in [9.17, 15) is 0 Å². The van der Waals surface area contributed by atoms with Crippen LogP contribution in [0.25, 0.3) is 0 Å². The van der Waals surface area contributed by atoms with Crippen molar-refractivity contribution in [2.45, 2.75) is 19.3 Å². The van der Waals surface area contributed by atoms with Crippen LogP contribution in [0.3, 0.4) is 0 Å². The van der Waals surface area contributed by atoms with Crippen molar-refractivity contribution in [3.05, 3.63) is 65.7 Å². The summed E-state index contributed by atoms with van der Waals surface area (Å²) in [5, 5.41) is 8.58. The van der Waals surface area contributed by atoms with Gasteiger partial charge in [0.15, 0.2) is 0 Å². The van der Waals surface area contributed by atoms with Crippen LogP contribution in [0.15, 0.2) is 54.6 Å². The van der Waals surface area contributed by atoms with E-state index >= 15 is 0 Å². The third-order valence-corrected chi connectivity index (χ3v) is 6.78. The molecule has 0 heterocycles. The van der Waals surface area contributed by atoms with E-state index < -0.39 is 0 Å². The van der Waals surface area contributed by atoms with Crippen molar-refractivity contribution in [3.8, 4) is 5.75 Å². The van der Waals surface area contributed by atoms with Crippen LogP contribution in [0.2, 0.25) is 0 Å². The van der Waals surface area contributed by atoms with Gasteiger partial charge in [0.05, 0.1) is 126 Å². The van der Waals surface area contributed by atoms with E-state index in [2.05, 4.69) is 50.2 Å². The molecule has 11 nitrogen and oxygen atoms in total. The molecule has 0 amide bonds. The molecule has 2 rings (SSSR count). The fourth-order valence-corrected chi connectivity index (χ4v) is 4.13. The molecule has 11 heteroatoms. The molecule has 1 N–H and O–H groups in total. The Morgan fingerprint density at radius 2 is 0.696 bits per heavy atom. The van der Waals surface area contributed by atoms with Crippen molar-refractivity contribution in [1.29, 1.82) is 0 Å². The summed E-state index contributed by atoms with van der Waals surface area (Å²) >= 11 is 0. The molecule has 0 bridgehead atoms. The summed E-state index contributed by atoms with van der Waals surface area (Å²) in [5.41, 5.74) is 2.46. The SMILES string of the molecule is CC(C)(c1ccccc1)c1ccc(OCCOCCOCCOCCOCCOCCOCCOCCOCCOCCO)cc1.